The van der Waals surface area contributed by atoms with Gasteiger partial charge in [-0.15, -0.1) is 0 Å². The number of thioether (sulfide) groups is 1. The van der Waals surface area contributed by atoms with E-state index in [0.29, 0.717) is 25.8 Å². The van der Waals surface area contributed by atoms with Gasteiger partial charge in [-0.25, -0.2) is 0 Å². The molecule has 1 aliphatic rings. The Kier molecular flexibility index (Phi) is 6.47. The van der Waals surface area contributed by atoms with Crippen molar-refractivity contribution in [2.24, 2.45) is 0 Å². The molecule has 0 radical (unpaired) electrons. The standard InChI is InChI=1S/C14H20ClNO2S/c15-12-3-1-11(2-4-12)8-18-9-14(17)7-16-13-5-6-19-10-13/h1-4,13-14,16-17H,5-10H2. The van der Waals surface area contributed by atoms with Crippen molar-refractivity contribution in [2.75, 3.05) is 24.7 Å². The zero-order chi connectivity index (χ0) is 13.5. The van der Waals surface area contributed by atoms with Crippen LogP contribution < -0.4 is 5.32 Å². The van der Waals surface area contributed by atoms with Crippen molar-refractivity contribution < 1.29 is 9.84 Å². The Bertz CT molecular complexity index is 368. The minimum absolute atomic E-state index is 0.357. The number of nitrogens with one attached hydrogen (secondary N) is 1. The molecule has 0 saturated carbocycles. The second kappa shape index (κ2) is 8.12. The van der Waals surface area contributed by atoms with Crippen LogP contribution in [0.2, 0.25) is 5.02 Å². The molecule has 0 amide bonds. The van der Waals surface area contributed by atoms with Gasteiger partial charge >= 0.3 is 0 Å². The average molecular weight is 302 g/mol. The van der Waals surface area contributed by atoms with Crippen LogP contribution >= 0.6 is 23.4 Å². The van der Waals surface area contributed by atoms with E-state index >= 15 is 0 Å². The van der Waals surface area contributed by atoms with Gasteiger partial charge in [0.05, 0.1) is 19.3 Å². The Balaban J connectivity index is 1.58. The van der Waals surface area contributed by atoms with Crippen LogP contribution in [0, 0.1) is 0 Å². The summed E-state index contributed by atoms with van der Waals surface area (Å²) in [6, 6.07) is 8.10. The summed E-state index contributed by atoms with van der Waals surface area (Å²) in [6.45, 7) is 1.47. The number of hydrogen-bond acceptors (Lipinski definition) is 4. The highest BCUT2D eigenvalue weighted by Gasteiger charge is 2.15. The molecule has 3 nitrogen and oxygen atoms in total. The van der Waals surface area contributed by atoms with E-state index in [2.05, 4.69) is 5.32 Å². The monoisotopic (exact) mass is 301 g/mol. The number of ether oxygens (including phenoxy) is 1. The molecule has 0 aliphatic carbocycles. The molecular formula is C14H20ClNO2S. The molecule has 106 valence electrons. The molecular weight excluding hydrogens is 282 g/mol. The van der Waals surface area contributed by atoms with Gasteiger partial charge in [-0.2, -0.15) is 11.8 Å². The molecule has 1 saturated heterocycles. The van der Waals surface area contributed by atoms with Crippen LogP contribution in [0.25, 0.3) is 0 Å². The van der Waals surface area contributed by atoms with Crippen molar-refractivity contribution in [3.05, 3.63) is 34.9 Å². The van der Waals surface area contributed by atoms with Gasteiger partial charge in [-0.3, -0.25) is 0 Å². The number of aliphatic hydroxyl groups is 1. The minimum atomic E-state index is -0.446. The molecule has 0 bridgehead atoms. The Morgan fingerprint density at radius 1 is 1.42 bits per heavy atom. The third-order valence-corrected chi connectivity index (χ3v) is 4.48. The van der Waals surface area contributed by atoms with Gasteiger partial charge < -0.3 is 15.2 Å². The van der Waals surface area contributed by atoms with Gasteiger partial charge in [-0.05, 0) is 29.9 Å². The lowest BCUT2D eigenvalue weighted by molar-refractivity contribution is 0.0279. The predicted octanol–water partition coefficient (Wildman–Crippen LogP) is 2.31. The van der Waals surface area contributed by atoms with Gasteiger partial charge in [0, 0.05) is 23.4 Å². The van der Waals surface area contributed by atoms with Gasteiger partial charge in [0.2, 0.25) is 0 Å². The molecule has 2 atom stereocenters. The van der Waals surface area contributed by atoms with Crippen LogP contribution in [0.1, 0.15) is 12.0 Å². The Labute approximate surface area is 123 Å². The zero-order valence-electron chi connectivity index (χ0n) is 10.8. The van der Waals surface area contributed by atoms with Crippen LogP contribution in [0.15, 0.2) is 24.3 Å². The summed E-state index contributed by atoms with van der Waals surface area (Å²) in [5, 5.41) is 13.9. The lowest BCUT2D eigenvalue weighted by atomic mass is 10.2. The SMILES string of the molecule is OC(CNC1CCSC1)COCc1ccc(Cl)cc1. The van der Waals surface area contributed by atoms with Crippen molar-refractivity contribution in [3.63, 3.8) is 0 Å². The van der Waals surface area contributed by atoms with Crippen LogP contribution in [-0.4, -0.2) is 41.9 Å². The molecule has 19 heavy (non-hydrogen) atoms. The van der Waals surface area contributed by atoms with Crippen molar-refractivity contribution in [1.82, 2.24) is 5.32 Å². The molecule has 1 aliphatic heterocycles. The van der Waals surface area contributed by atoms with E-state index in [-0.39, 0.29) is 0 Å². The van der Waals surface area contributed by atoms with Crippen LogP contribution in [0.3, 0.4) is 0 Å². The molecule has 1 fully saturated rings. The van der Waals surface area contributed by atoms with E-state index in [0.717, 1.165) is 16.3 Å². The molecule has 1 heterocycles. The second-order valence-corrected chi connectivity index (χ2v) is 6.35. The first-order valence-corrected chi connectivity index (χ1v) is 8.08. The Hall–Kier alpha value is -0.260. The van der Waals surface area contributed by atoms with E-state index in [1.54, 1.807) is 0 Å². The Morgan fingerprint density at radius 3 is 2.89 bits per heavy atom. The van der Waals surface area contributed by atoms with Crippen LogP contribution in [-0.2, 0) is 11.3 Å². The third kappa shape index (κ3) is 5.71. The fraction of sp³-hybridized carbons (Fsp3) is 0.571. The maximum atomic E-state index is 9.82. The molecule has 1 aromatic rings. The highest BCUT2D eigenvalue weighted by Crippen LogP contribution is 2.16. The van der Waals surface area contributed by atoms with E-state index in [1.807, 2.05) is 36.0 Å². The van der Waals surface area contributed by atoms with Crippen molar-refractivity contribution in [2.45, 2.75) is 25.2 Å². The summed E-state index contributed by atoms with van der Waals surface area (Å²) in [6.07, 6.45) is 0.751. The van der Waals surface area contributed by atoms with Gasteiger partial charge in [0.15, 0.2) is 0 Å². The minimum Gasteiger partial charge on any atom is -0.389 e. The molecule has 2 N–H and O–H groups in total. The van der Waals surface area contributed by atoms with E-state index in [1.165, 1.54) is 12.2 Å². The number of aliphatic hydroxyl groups excluding tert-OH is 1. The molecule has 0 spiro atoms. The number of rotatable bonds is 7. The van der Waals surface area contributed by atoms with Crippen molar-refractivity contribution in [3.8, 4) is 0 Å². The summed E-state index contributed by atoms with van der Waals surface area (Å²) >= 11 is 7.77. The molecule has 5 heteroatoms. The summed E-state index contributed by atoms with van der Waals surface area (Å²) in [5.41, 5.74) is 1.07. The molecule has 1 aromatic carbocycles. The second-order valence-electron chi connectivity index (χ2n) is 4.76. The summed E-state index contributed by atoms with van der Waals surface area (Å²) in [5.74, 6) is 2.37. The van der Waals surface area contributed by atoms with Gasteiger partial charge in [0.1, 0.15) is 0 Å². The molecule has 2 unspecified atom stereocenters. The first-order chi connectivity index (χ1) is 9.24. The van der Waals surface area contributed by atoms with E-state index < -0.39 is 6.10 Å². The molecule has 2 rings (SSSR count). The topological polar surface area (TPSA) is 41.5 Å². The fourth-order valence-corrected chi connectivity index (χ4v) is 3.26. The first-order valence-electron chi connectivity index (χ1n) is 6.55. The van der Waals surface area contributed by atoms with Crippen LogP contribution in [0.4, 0.5) is 0 Å². The van der Waals surface area contributed by atoms with Crippen molar-refractivity contribution in [1.29, 1.82) is 0 Å². The maximum Gasteiger partial charge on any atom is 0.0897 e. The van der Waals surface area contributed by atoms with Gasteiger partial charge in [-0.1, -0.05) is 23.7 Å². The average Bonchev–Trinajstić information content (AvgIpc) is 2.92. The third-order valence-electron chi connectivity index (χ3n) is 3.06. The van der Waals surface area contributed by atoms with Crippen LogP contribution in [0.5, 0.6) is 0 Å². The quantitative estimate of drug-likeness (QED) is 0.811. The lowest BCUT2D eigenvalue weighted by Gasteiger charge is -2.15. The first kappa shape index (κ1) is 15.1. The van der Waals surface area contributed by atoms with E-state index in [9.17, 15) is 5.11 Å². The number of benzene rings is 1. The largest absolute Gasteiger partial charge is 0.389 e. The van der Waals surface area contributed by atoms with E-state index in [4.69, 9.17) is 16.3 Å². The Morgan fingerprint density at radius 2 is 2.21 bits per heavy atom. The number of halogens is 1. The molecule has 0 aromatic heterocycles. The number of hydrogen-bond donors (Lipinski definition) is 2. The predicted molar refractivity (Wildman–Crippen MR) is 80.8 cm³/mol. The lowest BCUT2D eigenvalue weighted by Crippen LogP contribution is -2.37. The maximum absolute atomic E-state index is 9.82. The summed E-state index contributed by atoms with van der Waals surface area (Å²) in [7, 11) is 0. The summed E-state index contributed by atoms with van der Waals surface area (Å²) < 4.78 is 5.50. The smallest absolute Gasteiger partial charge is 0.0897 e. The normalized spacial score (nSPS) is 20.6. The highest BCUT2D eigenvalue weighted by atomic mass is 35.5. The fourth-order valence-electron chi connectivity index (χ4n) is 1.95. The summed E-state index contributed by atoms with van der Waals surface area (Å²) in [4.78, 5) is 0. The highest BCUT2D eigenvalue weighted by molar-refractivity contribution is 7.99. The zero-order valence-corrected chi connectivity index (χ0v) is 12.4. The van der Waals surface area contributed by atoms with Gasteiger partial charge in [0.25, 0.3) is 0 Å². The van der Waals surface area contributed by atoms with Crippen molar-refractivity contribution >= 4 is 23.4 Å².